The van der Waals surface area contributed by atoms with E-state index < -0.39 is 59.8 Å². The number of ether oxygens (including phenoxy) is 2. The van der Waals surface area contributed by atoms with Gasteiger partial charge in [0.2, 0.25) is 11.8 Å². The number of carbonyl (C=O) groups is 4. The standard InChI is InChI=1S/C38H57N3O7/c1-10-11-12-13-17-22-41(34(44)31(25-42)40-36(46)48-38(7,8)9)32(29-21-20-26(2)23-27(29)3)33(43)39-30(35(45)47-37(4,5)6)24-28-18-15-14-16-19-28/h14-16,18-21,23,30-32,42H,10-13,17,22,24-25H2,1-9H3,(H,39,43)(H,40,46). The van der Waals surface area contributed by atoms with E-state index in [2.05, 4.69) is 17.6 Å². The predicted molar refractivity (Wildman–Crippen MR) is 187 cm³/mol. The third kappa shape index (κ3) is 13.7. The fourth-order valence-electron chi connectivity index (χ4n) is 5.34. The average Bonchev–Trinajstić information content (AvgIpc) is 2.98. The lowest BCUT2D eigenvalue weighted by molar-refractivity contribution is -0.159. The van der Waals surface area contributed by atoms with Crippen molar-refractivity contribution in [3.05, 3.63) is 70.8 Å². The van der Waals surface area contributed by atoms with E-state index in [-0.39, 0.29) is 13.0 Å². The number of aliphatic hydroxyl groups is 1. The second-order valence-electron chi connectivity index (χ2n) is 14.4. The third-order valence-corrected chi connectivity index (χ3v) is 7.53. The van der Waals surface area contributed by atoms with Gasteiger partial charge in [0.1, 0.15) is 29.3 Å². The number of hydrogen-bond acceptors (Lipinski definition) is 7. The van der Waals surface area contributed by atoms with Gasteiger partial charge in [-0.2, -0.15) is 0 Å². The molecular formula is C38H57N3O7. The van der Waals surface area contributed by atoms with Gasteiger partial charge in [-0.05, 0) is 78.5 Å². The second-order valence-corrected chi connectivity index (χ2v) is 14.4. The first kappa shape index (κ1) is 40.3. The minimum atomic E-state index is -1.37. The highest BCUT2D eigenvalue weighted by Gasteiger charge is 2.38. The van der Waals surface area contributed by atoms with Crippen LogP contribution in [0.5, 0.6) is 0 Å². The van der Waals surface area contributed by atoms with Gasteiger partial charge in [-0.15, -0.1) is 0 Å². The molecule has 3 unspecified atom stereocenters. The Labute approximate surface area is 287 Å². The largest absolute Gasteiger partial charge is 0.458 e. The summed E-state index contributed by atoms with van der Waals surface area (Å²) < 4.78 is 11.1. The van der Waals surface area contributed by atoms with Crippen LogP contribution in [-0.4, -0.2) is 70.3 Å². The van der Waals surface area contributed by atoms with E-state index in [4.69, 9.17) is 9.47 Å². The number of esters is 1. The summed E-state index contributed by atoms with van der Waals surface area (Å²) in [6.07, 6.45) is 3.74. The zero-order chi connectivity index (χ0) is 36.1. The molecule has 3 atom stereocenters. The van der Waals surface area contributed by atoms with Gasteiger partial charge in [0.05, 0.1) is 6.61 Å². The predicted octanol–water partition coefficient (Wildman–Crippen LogP) is 6.10. The molecule has 3 N–H and O–H groups in total. The van der Waals surface area contributed by atoms with Crippen LogP contribution in [-0.2, 0) is 30.3 Å². The van der Waals surface area contributed by atoms with Crippen LogP contribution in [0, 0.1) is 13.8 Å². The SMILES string of the molecule is CCCCCCCN(C(=O)C(CO)NC(=O)OC(C)(C)C)C(C(=O)NC(Cc1ccccc1)C(=O)OC(C)(C)C)c1ccc(C)cc1C. The third-order valence-electron chi connectivity index (χ3n) is 7.53. The number of rotatable bonds is 16. The zero-order valence-corrected chi connectivity index (χ0v) is 30.4. The molecule has 266 valence electrons. The van der Waals surface area contributed by atoms with Crippen molar-refractivity contribution >= 4 is 23.9 Å². The number of hydrogen-bond donors (Lipinski definition) is 3. The molecule has 2 aromatic rings. The summed E-state index contributed by atoms with van der Waals surface area (Å²) in [6, 6.07) is 11.3. The maximum Gasteiger partial charge on any atom is 0.408 e. The van der Waals surface area contributed by atoms with Crippen molar-refractivity contribution in [3.8, 4) is 0 Å². The fourth-order valence-corrected chi connectivity index (χ4v) is 5.34. The Hall–Kier alpha value is -3.92. The van der Waals surface area contributed by atoms with E-state index in [9.17, 15) is 24.3 Å². The van der Waals surface area contributed by atoms with Crippen molar-refractivity contribution in [2.75, 3.05) is 13.2 Å². The van der Waals surface area contributed by atoms with Gasteiger partial charge in [0.15, 0.2) is 0 Å². The Morgan fingerprint density at radius 1 is 0.812 bits per heavy atom. The fraction of sp³-hybridized carbons (Fsp3) is 0.579. The molecule has 2 aromatic carbocycles. The lowest BCUT2D eigenvalue weighted by Gasteiger charge is -2.35. The van der Waals surface area contributed by atoms with E-state index in [0.29, 0.717) is 12.0 Å². The van der Waals surface area contributed by atoms with Gasteiger partial charge in [-0.1, -0.05) is 86.7 Å². The quantitative estimate of drug-likeness (QED) is 0.146. The molecule has 0 aliphatic heterocycles. The maximum absolute atomic E-state index is 14.6. The second kappa shape index (κ2) is 18.6. The normalized spacial score (nSPS) is 13.5. The van der Waals surface area contributed by atoms with Crippen LogP contribution >= 0.6 is 0 Å². The topological polar surface area (TPSA) is 134 Å². The van der Waals surface area contributed by atoms with Gasteiger partial charge < -0.3 is 30.1 Å². The Morgan fingerprint density at radius 3 is 2.00 bits per heavy atom. The first-order chi connectivity index (χ1) is 22.5. The minimum absolute atomic E-state index is 0.172. The lowest BCUT2D eigenvalue weighted by Crippen LogP contribution is -2.56. The molecule has 0 heterocycles. The Kier molecular flexibility index (Phi) is 15.6. The summed E-state index contributed by atoms with van der Waals surface area (Å²) in [6.45, 7) is 15.8. The molecule has 0 radical (unpaired) electrons. The maximum atomic E-state index is 14.6. The molecule has 0 saturated heterocycles. The van der Waals surface area contributed by atoms with Gasteiger partial charge >= 0.3 is 12.1 Å². The van der Waals surface area contributed by atoms with E-state index in [1.165, 1.54) is 4.90 Å². The molecule has 0 aliphatic rings. The molecule has 0 bridgehead atoms. The highest BCUT2D eigenvalue weighted by molar-refractivity contribution is 5.94. The lowest BCUT2D eigenvalue weighted by atomic mass is 9.95. The molecule has 3 amide bonds. The van der Waals surface area contributed by atoms with Crippen LogP contribution in [0.3, 0.4) is 0 Å². The zero-order valence-electron chi connectivity index (χ0n) is 30.4. The summed E-state index contributed by atoms with van der Waals surface area (Å²) in [5.41, 5.74) is 1.51. The number of carbonyl (C=O) groups excluding carboxylic acids is 4. The van der Waals surface area contributed by atoms with Gasteiger partial charge in [0, 0.05) is 13.0 Å². The molecule has 0 saturated carbocycles. The summed E-state index contributed by atoms with van der Waals surface area (Å²) in [4.78, 5) is 56.5. The van der Waals surface area contributed by atoms with Crippen LogP contribution < -0.4 is 10.6 Å². The van der Waals surface area contributed by atoms with E-state index >= 15 is 0 Å². The first-order valence-corrected chi connectivity index (χ1v) is 17.0. The molecular weight excluding hydrogens is 610 g/mol. The molecule has 2 rings (SSSR count). The van der Waals surface area contributed by atoms with Crippen LogP contribution in [0.1, 0.15) is 109 Å². The monoisotopic (exact) mass is 667 g/mol. The number of amides is 3. The first-order valence-electron chi connectivity index (χ1n) is 17.0. The van der Waals surface area contributed by atoms with Crippen molar-refractivity contribution in [2.45, 2.75) is 130 Å². The van der Waals surface area contributed by atoms with Crippen molar-refractivity contribution in [2.24, 2.45) is 0 Å². The molecule has 0 fully saturated rings. The smallest absolute Gasteiger partial charge is 0.408 e. The highest BCUT2D eigenvalue weighted by Crippen LogP contribution is 2.28. The van der Waals surface area contributed by atoms with E-state index in [0.717, 1.165) is 42.4 Å². The van der Waals surface area contributed by atoms with Crippen molar-refractivity contribution in [1.29, 1.82) is 0 Å². The molecule has 0 aromatic heterocycles. The Balaban J connectivity index is 2.62. The van der Waals surface area contributed by atoms with Crippen molar-refractivity contribution < 1.29 is 33.8 Å². The van der Waals surface area contributed by atoms with Crippen LogP contribution in [0.25, 0.3) is 0 Å². The summed E-state index contributed by atoms with van der Waals surface area (Å²) >= 11 is 0. The van der Waals surface area contributed by atoms with Crippen molar-refractivity contribution in [3.63, 3.8) is 0 Å². The molecule has 48 heavy (non-hydrogen) atoms. The number of nitrogens with one attached hydrogen (secondary N) is 2. The van der Waals surface area contributed by atoms with Gasteiger partial charge in [0.25, 0.3) is 0 Å². The number of benzene rings is 2. The van der Waals surface area contributed by atoms with Crippen LogP contribution in [0.15, 0.2) is 48.5 Å². The minimum Gasteiger partial charge on any atom is -0.458 e. The Bertz CT molecular complexity index is 1350. The van der Waals surface area contributed by atoms with E-state index in [1.807, 2.05) is 56.3 Å². The molecule has 10 nitrogen and oxygen atoms in total. The van der Waals surface area contributed by atoms with Crippen LogP contribution in [0.2, 0.25) is 0 Å². The number of aryl methyl sites for hydroxylation is 2. The number of nitrogens with zero attached hydrogens (tertiary/aromatic N) is 1. The highest BCUT2D eigenvalue weighted by atomic mass is 16.6. The average molecular weight is 668 g/mol. The number of aliphatic hydroxyl groups excluding tert-OH is 1. The number of alkyl carbamates (subject to hydrolysis) is 1. The molecule has 0 spiro atoms. The van der Waals surface area contributed by atoms with Gasteiger partial charge in [-0.3, -0.25) is 9.59 Å². The Morgan fingerprint density at radius 2 is 1.44 bits per heavy atom. The summed E-state index contributed by atoms with van der Waals surface area (Å²) in [7, 11) is 0. The van der Waals surface area contributed by atoms with Crippen LogP contribution in [0.4, 0.5) is 4.79 Å². The van der Waals surface area contributed by atoms with E-state index in [1.54, 1.807) is 47.6 Å². The van der Waals surface area contributed by atoms with Crippen molar-refractivity contribution in [1.82, 2.24) is 15.5 Å². The summed E-state index contributed by atoms with van der Waals surface area (Å²) in [5, 5.41) is 15.7. The van der Waals surface area contributed by atoms with Gasteiger partial charge in [-0.25, -0.2) is 9.59 Å². The summed E-state index contributed by atoms with van der Waals surface area (Å²) in [5.74, 6) is -1.82. The number of unbranched alkanes of at least 4 members (excludes halogenated alkanes) is 4. The molecule has 10 heteroatoms. The molecule has 0 aliphatic carbocycles.